The van der Waals surface area contributed by atoms with Crippen molar-refractivity contribution in [1.29, 1.82) is 0 Å². The summed E-state index contributed by atoms with van der Waals surface area (Å²) in [5.41, 5.74) is -1.11. The molecule has 0 amide bonds. The van der Waals surface area contributed by atoms with Crippen LogP contribution in [0.2, 0.25) is 0 Å². The third kappa shape index (κ3) is 2.53. The number of rotatable bonds is 4. The topological polar surface area (TPSA) is 105 Å². The first-order chi connectivity index (χ1) is 9.08. The molecule has 7 nitrogen and oxygen atoms in total. The van der Waals surface area contributed by atoms with E-state index in [1.807, 2.05) is 0 Å². The van der Waals surface area contributed by atoms with Crippen molar-refractivity contribution in [2.45, 2.75) is 24.9 Å². The van der Waals surface area contributed by atoms with Crippen LogP contribution < -0.4 is 11.2 Å². The van der Waals surface area contributed by atoms with Gasteiger partial charge in [-0.2, -0.15) is 0 Å². The van der Waals surface area contributed by atoms with Crippen LogP contribution in [0.25, 0.3) is 0 Å². The lowest BCUT2D eigenvalue weighted by molar-refractivity contribution is -0.0480. The molecule has 1 aliphatic rings. The first-order valence-electron chi connectivity index (χ1n) is 5.95. The number of aromatic amines is 1. The molecule has 2 rings (SSSR count). The van der Waals surface area contributed by atoms with Crippen molar-refractivity contribution in [3.8, 4) is 0 Å². The van der Waals surface area contributed by atoms with Crippen molar-refractivity contribution >= 4 is 0 Å². The number of ether oxygens (including phenoxy) is 1. The van der Waals surface area contributed by atoms with Crippen molar-refractivity contribution < 1.29 is 14.9 Å². The minimum absolute atomic E-state index is 0.344. The molecule has 0 saturated carbocycles. The second-order valence-corrected chi connectivity index (χ2v) is 4.44. The Bertz CT molecular complexity index is 564. The fourth-order valence-corrected chi connectivity index (χ4v) is 2.30. The first kappa shape index (κ1) is 13.7. The quantitative estimate of drug-likeness (QED) is 0.606. The lowest BCUT2D eigenvalue weighted by atomic mass is 9.96. The Balaban J connectivity index is 2.38. The van der Waals surface area contributed by atoms with E-state index < -0.39 is 35.6 Å². The van der Waals surface area contributed by atoms with E-state index in [4.69, 9.17) is 9.84 Å². The summed E-state index contributed by atoms with van der Waals surface area (Å²) < 4.78 is 6.69. The molecule has 4 atom stereocenters. The number of allylic oxidation sites excluding steroid dienone is 1. The van der Waals surface area contributed by atoms with Crippen LogP contribution in [0.4, 0.5) is 0 Å². The number of aliphatic hydroxyl groups is 2. The average Bonchev–Trinajstić information content (AvgIpc) is 2.68. The van der Waals surface area contributed by atoms with Gasteiger partial charge in [0.1, 0.15) is 12.3 Å². The molecule has 2 heterocycles. The monoisotopic (exact) mass is 268 g/mol. The van der Waals surface area contributed by atoms with Gasteiger partial charge in [0.25, 0.3) is 5.56 Å². The van der Waals surface area contributed by atoms with E-state index in [1.54, 1.807) is 6.08 Å². The second kappa shape index (κ2) is 5.52. The van der Waals surface area contributed by atoms with E-state index in [0.29, 0.717) is 6.42 Å². The highest BCUT2D eigenvalue weighted by Gasteiger charge is 2.43. The van der Waals surface area contributed by atoms with Gasteiger partial charge < -0.3 is 14.9 Å². The minimum atomic E-state index is -0.896. The third-order valence-electron chi connectivity index (χ3n) is 3.24. The SMILES string of the molecule is C=CCC1C(O)[C@@H](CO)O[C@H]1n1ccc(=O)[nH]c1=O. The summed E-state index contributed by atoms with van der Waals surface area (Å²) >= 11 is 0. The highest BCUT2D eigenvalue weighted by molar-refractivity contribution is 4.95. The van der Waals surface area contributed by atoms with Crippen LogP contribution in [0.1, 0.15) is 12.6 Å². The maximum absolute atomic E-state index is 11.7. The molecule has 1 aliphatic heterocycles. The van der Waals surface area contributed by atoms with Crippen molar-refractivity contribution in [3.05, 3.63) is 45.8 Å². The van der Waals surface area contributed by atoms with Gasteiger partial charge in [-0.25, -0.2) is 4.79 Å². The molecular formula is C12H16N2O5. The van der Waals surface area contributed by atoms with Gasteiger partial charge in [-0.1, -0.05) is 6.08 Å². The van der Waals surface area contributed by atoms with Crippen LogP contribution in [0, 0.1) is 5.92 Å². The molecule has 2 unspecified atom stereocenters. The smallest absolute Gasteiger partial charge is 0.330 e. The van der Waals surface area contributed by atoms with Gasteiger partial charge in [0, 0.05) is 18.2 Å². The zero-order valence-corrected chi connectivity index (χ0v) is 10.2. The Morgan fingerprint density at radius 1 is 1.53 bits per heavy atom. The summed E-state index contributed by atoms with van der Waals surface area (Å²) in [5.74, 6) is -0.404. The largest absolute Gasteiger partial charge is 0.394 e. The predicted molar refractivity (Wildman–Crippen MR) is 66.6 cm³/mol. The predicted octanol–water partition coefficient (Wildman–Crippen LogP) is -1.02. The second-order valence-electron chi connectivity index (χ2n) is 4.44. The fourth-order valence-electron chi connectivity index (χ4n) is 2.30. The molecule has 0 bridgehead atoms. The van der Waals surface area contributed by atoms with E-state index in [1.165, 1.54) is 16.8 Å². The summed E-state index contributed by atoms with van der Waals surface area (Å²) in [6.07, 6.45) is 0.957. The normalized spacial score (nSPS) is 30.4. The molecule has 0 aliphatic carbocycles. The highest BCUT2D eigenvalue weighted by atomic mass is 16.5. The van der Waals surface area contributed by atoms with Gasteiger partial charge in [0.15, 0.2) is 0 Å². The summed E-state index contributed by atoms with van der Waals surface area (Å²) in [6.45, 7) is 3.26. The highest BCUT2D eigenvalue weighted by Crippen LogP contribution is 2.36. The Hall–Kier alpha value is -1.70. The third-order valence-corrected chi connectivity index (χ3v) is 3.24. The van der Waals surface area contributed by atoms with Gasteiger partial charge in [0.2, 0.25) is 0 Å². The van der Waals surface area contributed by atoms with Gasteiger partial charge in [-0.05, 0) is 6.42 Å². The molecule has 19 heavy (non-hydrogen) atoms. The molecule has 1 aromatic heterocycles. The molecular weight excluding hydrogens is 252 g/mol. The van der Waals surface area contributed by atoms with Gasteiger partial charge in [0.05, 0.1) is 12.7 Å². The van der Waals surface area contributed by atoms with E-state index in [9.17, 15) is 14.7 Å². The molecule has 0 aromatic carbocycles. The zero-order chi connectivity index (χ0) is 14.0. The van der Waals surface area contributed by atoms with Crippen LogP contribution in [-0.2, 0) is 4.74 Å². The van der Waals surface area contributed by atoms with Crippen molar-refractivity contribution in [2.24, 2.45) is 5.92 Å². The van der Waals surface area contributed by atoms with Crippen molar-refractivity contribution in [3.63, 3.8) is 0 Å². The Morgan fingerprint density at radius 3 is 2.84 bits per heavy atom. The number of hydrogen-bond donors (Lipinski definition) is 3. The van der Waals surface area contributed by atoms with E-state index in [2.05, 4.69) is 11.6 Å². The van der Waals surface area contributed by atoms with Gasteiger partial charge in [-0.3, -0.25) is 14.3 Å². The van der Waals surface area contributed by atoms with Gasteiger partial charge in [-0.15, -0.1) is 6.58 Å². The van der Waals surface area contributed by atoms with Crippen LogP contribution in [0.3, 0.4) is 0 Å². The maximum atomic E-state index is 11.7. The van der Waals surface area contributed by atoms with Crippen LogP contribution in [-0.4, -0.2) is 38.6 Å². The molecule has 0 spiro atoms. The summed E-state index contributed by atoms with van der Waals surface area (Å²) in [6, 6.07) is 1.20. The maximum Gasteiger partial charge on any atom is 0.330 e. The summed E-state index contributed by atoms with van der Waals surface area (Å²) in [4.78, 5) is 24.9. The van der Waals surface area contributed by atoms with E-state index >= 15 is 0 Å². The average molecular weight is 268 g/mol. The fraction of sp³-hybridized carbons (Fsp3) is 0.500. The molecule has 7 heteroatoms. The Labute approximate surface area is 108 Å². The van der Waals surface area contributed by atoms with Gasteiger partial charge >= 0.3 is 5.69 Å². The number of hydrogen-bond acceptors (Lipinski definition) is 5. The summed E-state index contributed by atoms with van der Waals surface area (Å²) in [7, 11) is 0. The number of nitrogens with zero attached hydrogens (tertiary/aromatic N) is 1. The van der Waals surface area contributed by atoms with Crippen molar-refractivity contribution in [2.75, 3.05) is 6.61 Å². The lowest BCUT2D eigenvalue weighted by Crippen LogP contribution is -2.34. The van der Waals surface area contributed by atoms with E-state index in [-0.39, 0.29) is 6.61 Å². The number of aliphatic hydroxyl groups excluding tert-OH is 2. The van der Waals surface area contributed by atoms with Crippen molar-refractivity contribution in [1.82, 2.24) is 9.55 Å². The zero-order valence-electron chi connectivity index (χ0n) is 10.2. The Morgan fingerprint density at radius 2 is 2.26 bits per heavy atom. The molecule has 1 saturated heterocycles. The first-order valence-corrected chi connectivity index (χ1v) is 5.95. The number of nitrogens with one attached hydrogen (secondary N) is 1. The van der Waals surface area contributed by atoms with Crippen LogP contribution >= 0.6 is 0 Å². The Kier molecular flexibility index (Phi) is 3.98. The van der Waals surface area contributed by atoms with Crippen LogP contribution in [0.5, 0.6) is 0 Å². The molecule has 104 valence electrons. The number of H-pyrrole nitrogens is 1. The molecule has 0 radical (unpaired) electrons. The minimum Gasteiger partial charge on any atom is -0.394 e. The number of aromatic nitrogens is 2. The molecule has 3 N–H and O–H groups in total. The summed E-state index contributed by atoms with van der Waals surface area (Å²) in [5, 5.41) is 19.2. The molecule has 1 fully saturated rings. The molecule has 1 aromatic rings. The standard InChI is InChI=1S/C12H16N2O5/c1-2-3-7-10(17)8(6-15)19-11(7)14-5-4-9(16)13-12(14)18/h2,4-5,7-8,10-11,15,17H,1,3,6H2,(H,13,16,18)/t7?,8-,10?,11-/m1/s1. The lowest BCUT2D eigenvalue weighted by Gasteiger charge is -2.20. The van der Waals surface area contributed by atoms with Crippen LogP contribution in [0.15, 0.2) is 34.5 Å². The van der Waals surface area contributed by atoms with E-state index in [0.717, 1.165) is 0 Å².